The Morgan fingerprint density at radius 2 is 1.88 bits per heavy atom. The van der Waals surface area contributed by atoms with Crippen LogP contribution in [-0.2, 0) is 23.3 Å². The molecule has 1 N–H and O–H groups in total. The molecule has 0 saturated heterocycles. The minimum atomic E-state index is -0.770. The summed E-state index contributed by atoms with van der Waals surface area (Å²) in [7, 11) is 0. The smallest absolute Gasteiger partial charge is 0.407 e. The molecule has 0 aliphatic heterocycles. The van der Waals surface area contributed by atoms with Gasteiger partial charge in [0.2, 0.25) is 5.91 Å². The van der Waals surface area contributed by atoms with Gasteiger partial charge in [-0.05, 0) is 22.6 Å². The summed E-state index contributed by atoms with van der Waals surface area (Å²) < 4.78 is 7.85. The van der Waals surface area contributed by atoms with Crippen LogP contribution in [0.2, 0.25) is 0 Å². The van der Waals surface area contributed by atoms with Crippen LogP contribution < -0.4 is 11.1 Å². The van der Waals surface area contributed by atoms with Crippen molar-refractivity contribution in [1.29, 1.82) is 0 Å². The van der Waals surface area contributed by atoms with E-state index in [9.17, 15) is 19.7 Å². The average molecular weight is 449 g/mol. The summed E-state index contributed by atoms with van der Waals surface area (Å²) in [6, 6.07) is 13.7. The number of nitrogens with zero attached hydrogens (tertiary/aromatic N) is 4. The Morgan fingerprint density at radius 1 is 1.15 bits per heavy atom. The van der Waals surface area contributed by atoms with Crippen LogP contribution in [0.15, 0.2) is 63.9 Å². The van der Waals surface area contributed by atoms with Crippen molar-refractivity contribution >= 4 is 28.5 Å². The molecule has 4 aromatic rings. The van der Waals surface area contributed by atoms with Gasteiger partial charge in [-0.25, -0.2) is 9.48 Å². The van der Waals surface area contributed by atoms with Crippen LogP contribution in [0.25, 0.3) is 11.1 Å². The van der Waals surface area contributed by atoms with Crippen molar-refractivity contribution in [3.05, 3.63) is 86.5 Å². The van der Waals surface area contributed by atoms with Crippen LogP contribution in [0.1, 0.15) is 31.9 Å². The van der Waals surface area contributed by atoms with Crippen LogP contribution in [-0.4, -0.2) is 25.2 Å². The zero-order valence-electron chi connectivity index (χ0n) is 18.4. The maximum Gasteiger partial charge on any atom is 0.420 e. The Bertz CT molecular complexity index is 1390. The summed E-state index contributed by atoms with van der Waals surface area (Å²) in [5, 5.41) is 18.0. The van der Waals surface area contributed by atoms with E-state index >= 15 is 0 Å². The second-order valence-corrected chi connectivity index (χ2v) is 8.73. The first-order chi connectivity index (χ1) is 15.6. The Morgan fingerprint density at radius 3 is 2.55 bits per heavy atom. The van der Waals surface area contributed by atoms with E-state index in [4.69, 9.17) is 4.42 Å². The van der Waals surface area contributed by atoms with Gasteiger partial charge in [0.1, 0.15) is 12.4 Å². The quantitative estimate of drug-likeness (QED) is 0.354. The largest absolute Gasteiger partial charge is 0.420 e. The Kier molecular flexibility index (Phi) is 5.59. The van der Waals surface area contributed by atoms with Gasteiger partial charge in [0, 0.05) is 12.1 Å². The van der Waals surface area contributed by atoms with E-state index in [2.05, 4.69) is 43.3 Å². The number of nitro groups is 1. The Hall–Kier alpha value is -4.21. The van der Waals surface area contributed by atoms with E-state index in [1.54, 1.807) is 16.9 Å². The summed E-state index contributed by atoms with van der Waals surface area (Å²) in [5.74, 6) is -0.743. The van der Waals surface area contributed by atoms with Gasteiger partial charge >= 0.3 is 5.76 Å². The van der Waals surface area contributed by atoms with Gasteiger partial charge in [-0.15, -0.1) is 0 Å². The van der Waals surface area contributed by atoms with E-state index in [0.29, 0.717) is 17.9 Å². The van der Waals surface area contributed by atoms with Crippen LogP contribution in [0.3, 0.4) is 0 Å². The second kappa shape index (κ2) is 8.38. The summed E-state index contributed by atoms with van der Waals surface area (Å²) in [6.07, 6.45) is 1.58. The molecule has 1 amide bonds. The topological polar surface area (TPSA) is 125 Å². The van der Waals surface area contributed by atoms with Crippen molar-refractivity contribution in [3.8, 4) is 0 Å². The van der Waals surface area contributed by atoms with E-state index in [-0.39, 0.29) is 23.2 Å². The zero-order chi connectivity index (χ0) is 23.8. The van der Waals surface area contributed by atoms with E-state index in [1.807, 2.05) is 12.1 Å². The van der Waals surface area contributed by atoms with Crippen molar-refractivity contribution in [2.45, 2.75) is 39.3 Å². The van der Waals surface area contributed by atoms with Crippen LogP contribution in [0.5, 0.6) is 0 Å². The number of hydrogen-bond donors (Lipinski definition) is 1. The number of non-ortho nitro benzene ring substituents is 1. The Labute approximate surface area is 188 Å². The lowest BCUT2D eigenvalue weighted by molar-refractivity contribution is -0.384. The second-order valence-electron chi connectivity index (χ2n) is 8.73. The highest BCUT2D eigenvalue weighted by atomic mass is 16.6. The summed E-state index contributed by atoms with van der Waals surface area (Å²) in [6.45, 7) is 6.61. The standard InChI is InChI=1S/C23H23N5O5/c1-23(2,3)16-6-4-15(5-7-16)13-27-20(10-11-24-27)25-21(29)14-26-18-9-8-17(28(31)32)12-19(18)33-22(26)30/h4-12H,13-14H2,1-3H3,(H,25,29). The molecule has 0 fully saturated rings. The first-order valence-corrected chi connectivity index (χ1v) is 10.3. The van der Waals surface area contributed by atoms with Gasteiger partial charge in [0.15, 0.2) is 5.58 Å². The molecule has 2 aromatic carbocycles. The third-order valence-electron chi connectivity index (χ3n) is 5.30. The average Bonchev–Trinajstić information content (AvgIpc) is 3.30. The summed E-state index contributed by atoms with van der Waals surface area (Å²) in [4.78, 5) is 35.2. The molecule has 0 aliphatic rings. The molecule has 0 spiro atoms. The predicted molar refractivity (Wildman–Crippen MR) is 122 cm³/mol. The number of rotatable bonds is 6. The fourth-order valence-electron chi connectivity index (χ4n) is 3.49. The molecule has 0 radical (unpaired) electrons. The normalized spacial score (nSPS) is 11.6. The van der Waals surface area contributed by atoms with E-state index < -0.39 is 16.6 Å². The van der Waals surface area contributed by atoms with Crippen LogP contribution in [0, 0.1) is 10.1 Å². The number of carbonyl (C=O) groups is 1. The zero-order valence-corrected chi connectivity index (χ0v) is 18.4. The molecule has 2 heterocycles. The van der Waals surface area contributed by atoms with Crippen LogP contribution >= 0.6 is 0 Å². The number of nitrogens with one attached hydrogen (secondary N) is 1. The maximum absolute atomic E-state index is 12.6. The fourth-order valence-corrected chi connectivity index (χ4v) is 3.49. The van der Waals surface area contributed by atoms with E-state index in [1.165, 1.54) is 17.7 Å². The number of amides is 1. The minimum absolute atomic E-state index is 0.0470. The third kappa shape index (κ3) is 4.69. The molecule has 33 heavy (non-hydrogen) atoms. The first-order valence-electron chi connectivity index (χ1n) is 10.3. The van der Waals surface area contributed by atoms with Gasteiger partial charge < -0.3 is 9.73 Å². The van der Waals surface area contributed by atoms with Gasteiger partial charge in [-0.3, -0.25) is 19.5 Å². The molecule has 0 bridgehead atoms. The summed E-state index contributed by atoms with van der Waals surface area (Å²) >= 11 is 0. The van der Waals surface area contributed by atoms with Crippen molar-refractivity contribution in [1.82, 2.24) is 14.3 Å². The number of hydrogen-bond acceptors (Lipinski definition) is 6. The van der Waals surface area contributed by atoms with Gasteiger partial charge in [0.05, 0.1) is 29.2 Å². The predicted octanol–water partition coefficient (Wildman–Crippen LogP) is 3.68. The van der Waals surface area contributed by atoms with Crippen molar-refractivity contribution < 1.29 is 14.1 Å². The maximum atomic E-state index is 12.6. The number of benzene rings is 2. The van der Waals surface area contributed by atoms with Crippen LogP contribution in [0.4, 0.5) is 11.5 Å². The number of fused-ring (bicyclic) bond motifs is 1. The van der Waals surface area contributed by atoms with Gasteiger partial charge in [-0.2, -0.15) is 5.10 Å². The molecular formula is C23H23N5O5. The van der Waals surface area contributed by atoms with Gasteiger partial charge in [-0.1, -0.05) is 45.0 Å². The molecular weight excluding hydrogens is 426 g/mol. The van der Waals surface area contributed by atoms with E-state index in [0.717, 1.165) is 16.2 Å². The molecule has 2 aromatic heterocycles. The number of nitro benzene ring substituents is 1. The fraction of sp³-hybridized carbons (Fsp3) is 0.261. The molecule has 170 valence electrons. The van der Waals surface area contributed by atoms with Crippen molar-refractivity contribution in [2.75, 3.05) is 5.32 Å². The van der Waals surface area contributed by atoms with Crippen molar-refractivity contribution in [2.24, 2.45) is 0 Å². The lowest BCUT2D eigenvalue weighted by Gasteiger charge is -2.19. The third-order valence-corrected chi connectivity index (χ3v) is 5.30. The van der Waals surface area contributed by atoms with Gasteiger partial charge in [0.25, 0.3) is 5.69 Å². The SMILES string of the molecule is CC(C)(C)c1ccc(Cn2nccc2NC(=O)Cn2c(=O)oc3cc([N+](=O)[O-])ccc32)cc1. The first kappa shape index (κ1) is 22.0. The molecule has 0 atom stereocenters. The molecule has 4 rings (SSSR count). The number of oxazole rings is 1. The lowest BCUT2D eigenvalue weighted by Crippen LogP contribution is -2.25. The molecule has 0 saturated carbocycles. The number of aromatic nitrogens is 3. The summed E-state index contributed by atoms with van der Waals surface area (Å²) in [5.41, 5.74) is 2.46. The van der Waals surface area contributed by atoms with Crippen molar-refractivity contribution in [3.63, 3.8) is 0 Å². The monoisotopic (exact) mass is 449 g/mol. The molecule has 0 aliphatic carbocycles. The molecule has 0 unspecified atom stereocenters. The number of anilines is 1. The number of carbonyl (C=O) groups excluding carboxylic acids is 1. The molecule has 10 nitrogen and oxygen atoms in total. The minimum Gasteiger partial charge on any atom is -0.407 e. The Balaban J connectivity index is 1.48. The molecule has 10 heteroatoms. The highest BCUT2D eigenvalue weighted by Gasteiger charge is 2.17. The lowest BCUT2D eigenvalue weighted by atomic mass is 9.87. The highest BCUT2D eigenvalue weighted by Crippen LogP contribution is 2.23. The highest BCUT2D eigenvalue weighted by molar-refractivity contribution is 5.90.